The third-order valence-electron chi connectivity index (χ3n) is 3.19. The first-order valence-electron chi connectivity index (χ1n) is 6.29. The zero-order valence-corrected chi connectivity index (χ0v) is 10.9. The maximum atomic E-state index is 5.93. The van der Waals surface area contributed by atoms with Crippen molar-refractivity contribution in [3.63, 3.8) is 0 Å². The van der Waals surface area contributed by atoms with Gasteiger partial charge in [-0.05, 0) is 31.6 Å². The van der Waals surface area contributed by atoms with E-state index < -0.39 is 0 Å². The minimum atomic E-state index is 0.684. The zero-order valence-electron chi connectivity index (χ0n) is 10.2. The number of aromatic nitrogens is 1. The van der Waals surface area contributed by atoms with Gasteiger partial charge in [-0.1, -0.05) is 11.6 Å². The Morgan fingerprint density at radius 1 is 1.33 bits per heavy atom. The van der Waals surface area contributed by atoms with Gasteiger partial charge in [0.25, 0.3) is 0 Å². The molecule has 4 nitrogen and oxygen atoms in total. The van der Waals surface area contributed by atoms with Crippen molar-refractivity contribution in [1.29, 1.82) is 0 Å². The van der Waals surface area contributed by atoms with E-state index in [9.17, 15) is 0 Å². The molecule has 0 bridgehead atoms. The minimum Gasteiger partial charge on any atom is -0.439 e. The smallest absolute Gasteiger partial charge is 0.209 e. The molecular weight excluding hydrogens is 250 g/mol. The van der Waals surface area contributed by atoms with Crippen LogP contribution in [0.15, 0.2) is 22.6 Å². The maximum absolute atomic E-state index is 5.93. The van der Waals surface area contributed by atoms with Crippen LogP contribution < -0.4 is 5.32 Å². The van der Waals surface area contributed by atoms with Gasteiger partial charge in [-0.2, -0.15) is 0 Å². The Hall–Kier alpha value is -1.10. The number of nitrogens with one attached hydrogen (secondary N) is 1. The molecule has 1 aliphatic heterocycles. The van der Waals surface area contributed by atoms with E-state index >= 15 is 0 Å². The van der Waals surface area contributed by atoms with Crippen molar-refractivity contribution < 1.29 is 4.42 Å². The van der Waals surface area contributed by atoms with Crippen LogP contribution in [0.3, 0.4) is 0 Å². The molecule has 0 spiro atoms. The average Bonchev–Trinajstić information content (AvgIpc) is 2.57. The van der Waals surface area contributed by atoms with Gasteiger partial charge in [0.1, 0.15) is 5.52 Å². The van der Waals surface area contributed by atoms with Crippen LogP contribution >= 0.6 is 11.6 Å². The summed E-state index contributed by atoms with van der Waals surface area (Å²) < 4.78 is 5.73. The number of rotatable bonds is 2. The summed E-state index contributed by atoms with van der Waals surface area (Å²) >= 11 is 5.93. The molecule has 1 aromatic carbocycles. The van der Waals surface area contributed by atoms with Gasteiger partial charge in [0.2, 0.25) is 5.89 Å². The van der Waals surface area contributed by atoms with Crippen LogP contribution in [0.4, 0.5) is 0 Å². The molecule has 1 aromatic heterocycles. The molecule has 2 aromatic rings. The Kier molecular flexibility index (Phi) is 3.50. The zero-order chi connectivity index (χ0) is 12.4. The van der Waals surface area contributed by atoms with E-state index in [0.29, 0.717) is 5.02 Å². The Morgan fingerprint density at radius 3 is 3.22 bits per heavy atom. The monoisotopic (exact) mass is 265 g/mol. The molecule has 0 saturated carbocycles. The fourth-order valence-electron chi connectivity index (χ4n) is 2.26. The second-order valence-electron chi connectivity index (χ2n) is 4.60. The molecule has 1 fully saturated rings. The Balaban J connectivity index is 1.77. The number of halogens is 1. The van der Waals surface area contributed by atoms with Gasteiger partial charge in [0, 0.05) is 24.2 Å². The highest BCUT2D eigenvalue weighted by Gasteiger charge is 2.13. The second kappa shape index (κ2) is 5.26. The predicted molar refractivity (Wildman–Crippen MR) is 71.8 cm³/mol. The molecule has 3 rings (SSSR count). The number of hydrogen-bond acceptors (Lipinski definition) is 4. The van der Waals surface area contributed by atoms with Gasteiger partial charge in [0.15, 0.2) is 5.58 Å². The summed E-state index contributed by atoms with van der Waals surface area (Å²) in [5, 5.41) is 4.07. The first-order valence-corrected chi connectivity index (χ1v) is 6.67. The summed E-state index contributed by atoms with van der Waals surface area (Å²) in [6.07, 6.45) is 1.17. The van der Waals surface area contributed by atoms with Crippen LogP contribution in [0.5, 0.6) is 0 Å². The van der Waals surface area contributed by atoms with Crippen molar-refractivity contribution >= 4 is 22.7 Å². The van der Waals surface area contributed by atoms with Crippen molar-refractivity contribution in [3.8, 4) is 0 Å². The minimum absolute atomic E-state index is 0.684. The van der Waals surface area contributed by atoms with E-state index in [2.05, 4.69) is 15.2 Å². The van der Waals surface area contributed by atoms with Crippen LogP contribution in [-0.2, 0) is 6.54 Å². The lowest BCUT2D eigenvalue weighted by molar-refractivity contribution is 0.257. The molecule has 0 unspecified atom stereocenters. The quantitative estimate of drug-likeness (QED) is 0.905. The van der Waals surface area contributed by atoms with E-state index in [-0.39, 0.29) is 0 Å². The van der Waals surface area contributed by atoms with E-state index in [1.807, 2.05) is 18.2 Å². The SMILES string of the molecule is Clc1ccc2nc(CN3CCCNCC3)oc2c1. The van der Waals surface area contributed by atoms with Crippen molar-refractivity contribution in [2.75, 3.05) is 26.2 Å². The van der Waals surface area contributed by atoms with E-state index in [0.717, 1.165) is 49.7 Å². The standard InChI is InChI=1S/C13H16ClN3O/c14-10-2-3-11-12(8-10)18-13(16-11)9-17-6-1-4-15-5-7-17/h2-3,8,15H,1,4-7,9H2. The van der Waals surface area contributed by atoms with Crippen molar-refractivity contribution in [3.05, 3.63) is 29.1 Å². The second-order valence-corrected chi connectivity index (χ2v) is 5.04. The molecule has 0 atom stereocenters. The van der Waals surface area contributed by atoms with Crippen molar-refractivity contribution in [2.24, 2.45) is 0 Å². The lowest BCUT2D eigenvalue weighted by Gasteiger charge is -2.16. The fourth-order valence-corrected chi connectivity index (χ4v) is 2.43. The number of benzene rings is 1. The molecule has 2 heterocycles. The number of nitrogens with zero attached hydrogens (tertiary/aromatic N) is 2. The lowest BCUT2D eigenvalue weighted by atomic mass is 10.3. The third kappa shape index (κ3) is 2.66. The molecule has 1 saturated heterocycles. The lowest BCUT2D eigenvalue weighted by Crippen LogP contribution is -2.27. The molecular formula is C13H16ClN3O. The molecule has 5 heteroatoms. The summed E-state index contributed by atoms with van der Waals surface area (Å²) in [5.74, 6) is 0.772. The summed E-state index contributed by atoms with van der Waals surface area (Å²) in [6.45, 7) is 5.03. The van der Waals surface area contributed by atoms with E-state index in [4.69, 9.17) is 16.0 Å². The van der Waals surface area contributed by atoms with E-state index in [1.54, 1.807) is 0 Å². The molecule has 0 amide bonds. The summed E-state index contributed by atoms with van der Waals surface area (Å²) in [7, 11) is 0. The molecule has 1 aliphatic rings. The first-order chi connectivity index (χ1) is 8.81. The molecule has 0 radical (unpaired) electrons. The van der Waals surface area contributed by atoms with Crippen molar-refractivity contribution in [1.82, 2.24) is 15.2 Å². The third-order valence-corrected chi connectivity index (χ3v) is 3.42. The van der Waals surface area contributed by atoms with Gasteiger partial charge in [-0.3, -0.25) is 4.90 Å². The van der Waals surface area contributed by atoms with Crippen LogP contribution in [0.25, 0.3) is 11.1 Å². The predicted octanol–water partition coefficient (Wildman–Crippen LogP) is 2.28. The van der Waals surface area contributed by atoms with Gasteiger partial charge in [0.05, 0.1) is 6.54 Å². The highest BCUT2D eigenvalue weighted by atomic mass is 35.5. The Labute approximate surface area is 111 Å². The van der Waals surface area contributed by atoms with Gasteiger partial charge < -0.3 is 9.73 Å². The molecule has 96 valence electrons. The highest BCUT2D eigenvalue weighted by Crippen LogP contribution is 2.20. The average molecular weight is 266 g/mol. The molecule has 18 heavy (non-hydrogen) atoms. The van der Waals surface area contributed by atoms with Gasteiger partial charge in [-0.25, -0.2) is 4.98 Å². The maximum Gasteiger partial charge on any atom is 0.209 e. The van der Waals surface area contributed by atoms with Gasteiger partial charge in [-0.15, -0.1) is 0 Å². The van der Waals surface area contributed by atoms with Crippen LogP contribution in [0, 0.1) is 0 Å². The molecule has 1 N–H and O–H groups in total. The largest absolute Gasteiger partial charge is 0.439 e. The molecule has 0 aliphatic carbocycles. The van der Waals surface area contributed by atoms with Crippen LogP contribution in [-0.4, -0.2) is 36.1 Å². The summed E-state index contributed by atoms with van der Waals surface area (Å²) in [4.78, 5) is 6.86. The topological polar surface area (TPSA) is 41.3 Å². The normalized spacial score (nSPS) is 18.1. The number of hydrogen-bond donors (Lipinski definition) is 1. The summed E-state index contributed by atoms with van der Waals surface area (Å²) in [5.41, 5.74) is 1.65. The fraction of sp³-hybridized carbons (Fsp3) is 0.462. The first kappa shape index (κ1) is 12.0. The number of fused-ring (bicyclic) bond motifs is 1. The van der Waals surface area contributed by atoms with E-state index in [1.165, 1.54) is 6.42 Å². The highest BCUT2D eigenvalue weighted by molar-refractivity contribution is 6.31. The van der Waals surface area contributed by atoms with Gasteiger partial charge >= 0.3 is 0 Å². The van der Waals surface area contributed by atoms with Crippen LogP contribution in [0.1, 0.15) is 12.3 Å². The van der Waals surface area contributed by atoms with Crippen molar-refractivity contribution in [2.45, 2.75) is 13.0 Å². The number of oxazole rings is 1. The Bertz CT molecular complexity index is 532. The van der Waals surface area contributed by atoms with Crippen LogP contribution in [0.2, 0.25) is 5.02 Å². The Morgan fingerprint density at radius 2 is 2.28 bits per heavy atom. The summed E-state index contributed by atoms with van der Waals surface area (Å²) in [6, 6.07) is 5.55.